The lowest BCUT2D eigenvalue weighted by Crippen LogP contribution is -2.37. The molecule has 0 bridgehead atoms. The Labute approximate surface area is 113 Å². The average molecular weight is 281 g/mol. The minimum Gasteiger partial charge on any atom is -0.463 e. The van der Waals surface area contributed by atoms with Gasteiger partial charge in [0, 0.05) is 10.6 Å². The smallest absolute Gasteiger partial charge is 0.377 e. The third-order valence-corrected chi connectivity index (χ3v) is 2.75. The van der Waals surface area contributed by atoms with Crippen LogP contribution in [0.15, 0.2) is 29.3 Å². The average Bonchev–Trinajstić information content (AvgIpc) is 2.80. The van der Waals surface area contributed by atoms with Gasteiger partial charge in [-0.25, -0.2) is 9.79 Å². The van der Waals surface area contributed by atoms with E-state index in [1.54, 1.807) is 24.3 Å². The summed E-state index contributed by atoms with van der Waals surface area (Å²) in [6.07, 6.45) is 0. The Morgan fingerprint density at radius 2 is 1.95 bits per heavy atom. The number of halogens is 1. The molecule has 0 aliphatic carbocycles. The summed E-state index contributed by atoms with van der Waals surface area (Å²) in [5, 5.41) is 2.98. The number of hydrogen-bond acceptors (Lipinski definition) is 5. The number of carbonyl (C=O) groups is 3. The van der Waals surface area contributed by atoms with E-state index in [0.717, 1.165) is 7.11 Å². The molecule has 1 aromatic carbocycles. The molecular weight excluding hydrogens is 272 g/mol. The molecule has 1 heterocycles. The number of carbonyl (C=O) groups excluding carboxylic acids is 3. The molecule has 0 saturated heterocycles. The van der Waals surface area contributed by atoms with Gasteiger partial charge in [-0.05, 0) is 24.3 Å². The van der Waals surface area contributed by atoms with Crippen LogP contribution >= 0.6 is 11.6 Å². The molecular formula is C12H9ClN2O4. The molecule has 1 N–H and O–H groups in total. The van der Waals surface area contributed by atoms with E-state index in [1.807, 2.05) is 0 Å². The summed E-state index contributed by atoms with van der Waals surface area (Å²) >= 11 is 5.74. The number of aliphatic imine (C=N–C) groups is 1. The molecule has 19 heavy (non-hydrogen) atoms. The van der Waals surface area contributed by atoms with E-state index in [-0.39, 0.29) is 5.84 Å². The predicted molar refractivity (Wildman–Crippen MR) is 66.9 cm³/mol. The van der Waals surface area contributed by atoms with Crippen molar-refractivity contribution in [3.63, 3.8) is 0 Å². The minimum atomic E-state index is -1.39. The Morgan fingerprint density at radius 3 is 2.53 bits per heavy atom. The van der Waals surface area contributed by atoms with E-state index >= 15 is 0 Å². The number of hydrogen-bond donors (Lipinski definition) is 1. The monoisotopic (exact) mass is 280 g/mol. The molecule has 0 radical (unpaired) electrons. The summed E-state index contributed by atoms with van der Waals surface area (Å²) in [5.41, 5.74) is 0.595. The van der Waals surface area contributed by atoms with Gasteiger partial charge in [-0.3, -0.25) is 9.59 Å². The second-order valence-electron chi connectivity index (χ2n) is 3.73. The van der Waals surface area contributed by atoms with Crippen molar-refractivity contribution in [2.45, 2.75) is 6.04 Å². The fraction of sp³-hybridized carbons (Fsp3) is 0.167. The van der Waals surface area contributed by atoms with Crippen LogP contribution in [0, 0.1) is 0 Å². The third-order valence-electron chi connectivity index (χ3n) is 2.50. The molecule has 0 aromatic heterocycles. The number of esters is 1. The van der Waals surface area contributed by atoms with Crippen molar-refractivity contribution in [3.05, 3.63) is 34.9 Å². The summed E-state index contributed by atoms with van der Waals surface area (Å²) in [4.78, 5) is 38.2. The maximum atomic E-state index is 11.6. The van der Waals surface area contributed by atoms with Crippen LogP contribution in [0.25, 0.3) is 0 Å². The van der Waals surface area contributed by atoms with Gasteiger partial charge in [0.15, 0.2) is 0 Å². The molecule has 7 heteroatoms. The van der Waals surface area contributed by atoms with E-state index in [9.17, 15) is 14.4 Å². The van der Waals surface area contributed by atoms with Gasteiger partial charge >= 0.3 is 5.97 Å². The molecule has 1 aliphatic rings. The number of rotatable bonds is 3. The fourth-order valence-electron chi connectivity index (χ4n) is 1.55. The van der Waals surface area contributed by atoms with Crippen molar-refractivity contribution in [3.8, 4) is 0 Å². The van der Waals surface area contributed by atoms with Crippen molar-refractivity contribution in [1.29, 1.82) is 0 Å². The zero-order chi connectivity index (χ0) is 14.0. The SMILES string of the molecule is COC(=O)C(=O)C1N=C(c2ccc(Cl)cc2)NC1=O. The van der Waals surface area contributed by atoms with Crippen LogP contribution in [-0.4, -0.2) is 36.6 Å². The lowest BCUT2D eigenvalue weighted by molar-refractivity contribution is -0.153. The molecule has 1 aromatic rings. The van der Waals surface area contributed by atoms with Crippen LogP contribution in [0.1, 0.15) is 5.56 Å². The Hall–Kier alpha value is -2.21. The van der Waals surface area contributed by atoms with Gasteiger partial charge in [0.1, 0.15) is 5.84 Å². The van der Waals surface area contributed by atoms with Crippen molar-refractivity contribution in [2.75, 3.05) is 7.11 Å². The molecule has 1 amide bonds. The van der Waals surface area contributed by atoms with Crippen molar-refractivity contribution >= 4 is 35.1 Å². The zero-order valence-corrected chi connectivity index (χ0v) is 10.6. The molecule has 1 atom stereocenters. The topological polar surface area (TPSA) is 84.8 Å². The van der Waals surface area contributed by atoms with Gasteiger partial charge in [-0.1, -0.05) is 11.6 Å². The summed E-state index contributed by atoms with van der Waals surface area (Å²) in [6.45, 7) is 0. The molecule has 1 unspecified atom stereocenters. The highest BCUT2D eigenvalue weighted by Crippen LogP contribution is 2.13. The number of nitrogens with zero attached hydrogens (tertiary/aromatic N) is 1. The van der Waals surface area contributed by atoms with Crippen molar-refractivity contribution in [2.24, 2.45) is 4.99 Å². The number of methoxy groups -OCH3 is 1. The highest BCUT2D eigenvalue weighted by Gasteiger charge is 2.37. The van der Waals surface area contributed by atoms with Gasteiger partial charge in [0.05, 0.1) is 7.11 Å². The maximum absolute atomic E-state index is 11.6. The van der Waals surface area contributed by atoms with Crippen LogP contribution in [0.5, 0.6) is 0 Å². The van der Waals surface area contributed by atoms with E-state index in [2.05, 4.69) is 15.0 Å². The van der Waals surface area contributed by atoms with Crippen LogP contribution in [0.2, 0.25) is 5.02 Å². The van der Waals surface area contributed by atoms with Crippen LogP contribution in [0.3, 0.4) is 0 Å². The number of nitrogens with one attached hydrogen (secondary N) is 1. The first-order chi connectivity index (χ1) is 9.02. The lowest BCUT2D eigenvalue weighted by atomic mass is 10.2. The van der Waals surface area contributed by atoms with E-state index in [0.29, 0.717) is 10.6 Å². The molecule has 1 aliphatic heterocycles. The molecule has 0 spiro atoms. The second-order valence-corrected chi connectivity index (χ2v) is 4.17. The van der Waals surface area contributed by atoms with E-state index < -0.39 is 23.7 Å². The summed E-state index contributed by atoms with van der Waals surface area (Å²) in [5.74, 6) is -2.52. The van der Waals surface area contributed by atoms with Crippen molar-refractivity contribution < 1.29 is 19.1 Å². The normalized spacial score (nSPS) is 17.7. The molecule has 2 rings (SSSR count). The van der Waals surface area contributed by atoms with Crippen molar-refractivity contribution in [1.82, 2.24) is 5.32 Å². The standard InChI is InChI=1S/C12H9ClN2O4/c1-19-12(18)9(16)8-11(17)15-10(14-8)6-2-4-7(13)5-3-6/h2-5,8H,1H3,(H,14,15,17). The molecule has 0 saturated carbocycles. The quantitative estimate of drug-likeness (QED) is 0.491. The number of Topliss-reactive ketones (excluding diaryl/α,β-unsaturated/α-hetero) is 1. The first-order valence-corrected chi connectivity index (χ1v) is 5.67. The van der Waals surface area contributed by atoms with Gasteiger partial charge in [-0.15, -0.1) is 0 Å². The van der Waals surface area contributed by atoms with Gasteiger partial charge in [0.25, 0.3) is 11.7 Å². The Kier molecular flexibility index (Phi) is 3.62. The number of ketones is 1. The van der Waals surface area contributed by atoms with Gasteiger partial charge < -0.3 is 10.1 Å². The first kappa shape index (κ1) is 13.2. The maximum Gasteiger partial charge on any atom is 0.377 e. The lowest BCUT2D eigenvalue weighted by Gasteiger charge is -2.00. The largest absolute Gasteiger partial charge is 0.463 e. The fourth-order valence-corrected chi connectivity index (χ4v) is 1.68. The van der Waals surface area contributed by atoms with E-state index in [1.165, 1.54) is 0 Å². The number of ether oxygens (including phenoxy) is 1. The summed E-state index contributed by atoms with van der Waals surface area (Å²) < 4.78 is 4.27. The second kappa shape index (κ2) is 5.19. The Balaban J connectivity index is 2.26. The number of amidine groups is 1. The highest BCUT2D eigenvalue weighted by molar-refractivity contribution is 6.42. The number of amides is 1. The molecule has 0 fully saturated rings. The van der Waals surface area contributed by atoms with Crippen LogP contribution in [0.4, 0.5) is 0 Å². The third kappa shape index (κ3) is 2.63. The highest BCUT2D eigenvalue weighted by atomic mass is 35.5. The molecule has 6 nitrogen and oxygen atoms in total. The summed E-state index contributed by atoms with van der Waals surface area (Å²) in [6, 6.07) is 5.15. The molecule has 98 valence electrons. The van der Waals surface area contributed by atoms with Gasteiger partial charge in [-0.2, -0.15) is 0 Å². The Bertz CT molecular complexity index is 580. The summed E-state index contributed by atoms with van der Waals surface area (Å²) in [7, 11) is 1.07. The zero-order valence-electron chi connectivity index (χ0n) is 9.84. The van der Waals surface area contributed by atoms with Gasteiger partial charge in [0.2, 0.25) is 6.04 Å². The van der Waals surface area contributed by atoms with Crippen LogP contribution in [-0.2, 0) is 19.1 Å². The van der Waals surface area contributed by atoms with E-state index in [4.69, 9.17) is 11.6 Å². The predicted octanol–water partition coefficient (Wildman–Crippen LogP) is 0.327. The number of benzene rings is 1. The first-order valence-electron chi connectivity index (χ1n) is 5.29. The Morgan fingerprint density at radius 1 is 1.32 bits per heavy atom. The minimum absolute atomic E-state index is 0.226. The van der Waals surface area contributed by atoms with Crippen LogP contribution < -0.4 is 5.32 Å².